The Bertz CT molecular complexity index is 1080. The Balaban J connectivity index is 1.50. The lowest BCUT2D eigenvalue weighted by atomic mass is 9.66. The quantitative estimate of drug-likeness (QED) is 0.344. The number of likely N-dealkylation sites (tertiary alicyclic amines) is 1. The summed E-state index contributed by atoms with van der Waals surface area (Å²) in [7, 11) is 0. The van der Waals surface area contributed by atoms with Crippen LogP contribution < -0.4 is 10.6 Å². The maximum atomic E-state index is 13.6. The molecule has 12 heteroatoms. The van der Waals surface area contributed by atoms with Crippen molar-refractivity contribution < 1.29 is 33.7 Å². The molecule has 0 saturated carbocycles. The highest BCUT2D eigenvalue weighted by molar-refractivity contribution is 6.30. The second kappa shape index (κ2) is 14.2. The Hall–Kier alpha value is -2.60. The molecule has 0 radical (unpaired) electrons. The van der Waals surface area contributed by atoms with Crippen molar-refractivity contribution in [3.63, 3.8) is 0 Å². The van der Waals surface area contributed by atoms with E-state index in [1.807, 2.05) is 39.8 Å². The first-order valence-electron chi connectivity index (χ1n) is 14.6. The van der Waals surface area contributed by atoms with Gasteiger partial charge >= 0.3 is 12.2 Å². The molecule has 2 saturated heterocycles. The van der Waals surface area contributed by atoms with Crippen LogP contribution in [0.3, 0.4) is 0 Å². The van der Waals surface area contributed by atoms with Crippen molar-refractivity contribution in [2.24, 2.45) is 11.3 Å². The number of benzene rings is 1. The van der Waals surface area contributed by atoms with Crippen molar-refractivity contribution in [3.05, 3.63) is 34.9 Å². The molecule has 0 aromatic heterocycles. The van der Waals surface area contributed by atoms with Gasteiger partial charge in [-0.3, -0.25) is 9.69 Å². The van der Waals surface area contributed by atoms with Crippen molar-refractivity contribution in [1.29, 1.82) is 0 Å². The monoisotopic (exact) mass is 610 g/mol. The minimum absolute atomic E-state index is 0.0152. The average Bonchev–Trinajstić information content (AvgIpc) is 2.92. The van der Waals surface area contributed by atoms with E-state index < -0.39 is 34.8 Å². The average molecular weight is 611 g/mol. The van der Waals surface area contributed by atoms with E-state index in [2.05, 4.69) is 15.5 Å². The van der Waals surface area contributed by atoms with Crippen LogP contribution >= 0.6 is 11.6 Å². The van der Waals surface area contributed by atoms with E-state index in [0.717, 1.165) is 18.7 Å². The Morgan fingerprint density at radius 1 is 1.12 bits per heavy atom. The molecule has 2 unspecified atom stereocenters. The van der Waals surface area contributed by atoms with E-state index in [-0.39, 0.29) is 25.0 Å². The number of urea groups is 1. The van der Waals surface area contributed by atoms with Gasteiger partial charge in [-0.1, -0.05) is 51.4 Å². The Kier molecular flexibility index (Phi) is 11.5. The smallest absolute Gasteiger partial charge is 0.433 e. The van der Waals surface area contributed by atoms with Crippen LogP contribution in [0.5, 0.6) is 0 Å². The number of hydrogen-bond donors (Lipinski definition) is 3. The first-order chi connectivity index (χ1) is 19.6. The molecule has 2 atom stereocenters. The molecule has 2 aliphatic heterocycles. The second-order valence-corrected chi connectivity index (χ2v) is 13.2. The fourth-order valence-electron chi connectivity index (χ4n) is 5.34. The number of piperidine rings is 1. The summed E-state index contributed by atoms with van der Waals surface area (Å²) in [6.45, 7) is 15.3. The summed E-state index contributed by atoms with van der Waals surface area (Å²) in [4.78, 5) is 42.5. The van der Waals surface area contributed by atoms with Gasteiger partial charge in [-0.05, 0) is 43.9 Å². The lowest BCUT2D eigenvalue weighted by molar-refractivity contribution is -0.155. The van der Waals surface area contributed by atoms with Gasteiger partial charge in [-0.2, -0.15) is 0 Å². The molecular weight excluding hydrogens is 564 g/mol. The SMILES string of the molecule is CC(C)C(NC(=O)NCC(C)(C)OC(=O)OCCN1CCOCC1)C(=O)N1CCC(O)(c2ccc(Cl)cc2)C(C)(C)C1. The van der Waals surface area contributed by atoms with Crippen LogP contribution in [0.4, 0.5) is 9.59 Å². The van der Waals surface area contributed by atoms with Crippen LogP contribution in [0.1, 0.15) is 53.5 Å². The molecule has 2 heterocycles. The molecule has 236 valence electrons. The number of hydrogen-bond acceptors (Lipinski definition) is 8. The topological polar surface area (TPSA) is 130 Å². The lowest BCUT2D eigenvalue weighted by Crippen LogP contribution is -2.61. The molecule has 1 aromatic rings. The van der Waals surface area contributed by atoms with Crippen LogP contribution in [-0.2, 0) is 24.6 Å². The molecule has 1 aromatic carbocycles. The van der Waals surface area contributed by atoms with Gasteiger partial charge in [0.05, 0.1) is 25.4 Å². The van der Waals surface area contributed by atoms with Crippen molar-refractivity contribution >= 4 is 29.7 Å². The van der Waals surface area contributed by atoms with Gasteiger partial charge in [0.15, 0.2) is 0 Å². The minimum Gasteiger partial charge on any atom is -0.433 e. The van der Waals surface area contributed by atoms with Gasteiger partial charge in [0.1, 0.15) is 18.2 Å². The Morgan fingerprint density at radius 2 is 1.76 bits per heavy atom. The van der Waals surface area contributed by atoms with E-state index in [1.54, 1.807) is 30.9 Å². The summed E-state index contributed by atoms with van der Waals surface area (Å²) in [5.74, 6) is -0.403. The number of halogens is 1. The van der Waals surface area contributed by atoms with Gasteiger partial charge in [0, 0.05) is 43.2 Å². The minimum atomic E-state index is -1.14. The third kappa shape index (κ3) is 8.95. The molecular formula is C30H47ClN4O7. The third-order valence-corrected chi connectivity index (χ3v) is 8.32. The molecule has 2 aliphatic rings. The highest BCUT2D eigenvalue weighted by Crippen LogP contribution is 2.46. The van der Waals surface area contributed by atoms with Crippen LogP contribution in [0.2, 0.25) is 5.02 Å². The number of nitrogens with zero attached hydrogens (tertiary/aromatic N) is 2. The van der Waals surface area contributed by atoms with Gasteiger partial charge in [-0.15, -0.1) is 0 Å². The highest BCUT2D eigenvalue weighted by Gasteiger charge is 2.50. The van der Waals surface area contributed by atoms with E-state index in [1.165, 1.54) is 0 Å². The van der Waals surface area contributed by atoms with Crippen molar-refractivity contribution in [3.8, 4) is 0 Å². The van der Waals surface area contributed by atoms with Crippen LogP contribution in [0.25, 0.3) is 0 Å². The van der Waals surface area contributed by atoms with Crippen molar-refractivity contribution in [2.45, 2.75) is 65.2 Å². The fourth-order valence-corrected chi connectivity index (χ4v) is 5.47. The summed E-state index contributed by atoms with van der Waals surface area (Å²) < 4.78 is 15.9. The molecule has 0 bridgehead atoms. The molecule has 3 N–H and O–H groups in total. The predicted octanol–water partition coefficient (Wildman–Crippen LogP) is 3.37. The summed E-state index contributed by atoms with van der Waals surface area (Å²) in [6, 6.07) is 5.82. The number of carbonyl (C=O) groups excluding carboxylic acids is 3. The van der Waals surface area contributed by atoms with Crippen LogP contribution in [-0.4, -0.2) is 104 Å². The molecule has 42 heavy (non-hydrogen) atoms. The Labute approximate surface area is 254 Å². The summed E-state index contributed by atoms with van der Waals surface area (Å²) >= 11 is 6.04. The Morgan fingerprint density at radius 3 is 2.36 bits per heavy atom. The zero-order valence-electron chi connectivity index (χ0n) is 25.7. The zero-order valence-corrected chi connectivity index (χ0v) is 26.5. The maximum Gasteiger partial charge on any atom is 0.508 e. The molecule has 3 amide bonds. The number of morpholine rings is 1. The number of aliphatic hydroxyl groups is 1. The molecule has 0 aliphatic carbocycles. The van der Waals surface area contributed by atoms with E-state index in [0.29, 0.717) is 44.3 Å². The van der Waals surface area contributed by atoms with Crippen LogP contribution in [0.15, 0.2) is 24.3 Å². The van der Waals surface area contributed by atoms with Crippen molar-refractivity contribution in [2.75, 3.05) is 59.1 Å². The van der Waals surface area contributed by atoms with Gasteiger partial charge in [-0.25, -0.2) is 9.59 Å². The third-order valence-electron chi connectivity index (χ3n) is 8.07. The molecule has 3 rings (SSSR count). The predicted molar refractivity (Wildman–Crippen MR) is 159 cm³/mol. The highest BCUT2D eigenvalue weighted by atomic mass is 35.5. The second-order valence-electron chi connectivity index (χ2n) is 12.7. The zero-order chi connectivity index (χ0) is 31.1. The van der Waals surface area contributed by atoms with Gasteiger partial charge in [0.2, 0.25) is 5.91 Å². The van der Waals surface area contributed by atoms with Gasteiger partial charge in [0.25, 0.3) is 0 Å². The summed E-state index contributed by atoms with van der Waals surface area (Å²) in [6.07, 6.45) is -0.463. The largest absolute Gasteiger partial charge is 0.508 e. The fraction of sp³-hybridized carbons (Fsp3) is 0.700. The first-order valence-corrected chi connectivity index (χ1v) is 15.0. The molecule has 0 spiro atoms. The van der Waals surface area contributed by atoms with E-state index in [9.17, 15) is 19.5 Å². The number of nitrogens with one attached hydrogen (secondary N) is 2. The summed E-state index contributed by atoms with van der Waals surface area (Å²) in [5, 5.41) is 17.7. The standard InChI is InChI=1S/C30H47ClN4O7/c1-21(2)24(25(36)35-12-11-30(39,28(3,4)20-35)22-7-9-23(31)10-8-22)33-26(37)32-19-29(5,6)42-27(38)41-18-15-34-13-16-40-17-14-34/h7-10,21,24,39H,11-20H2,1-6H3,(H2,32,33,37). The first kappa shape index (κ1) is 33.9. The lowest BCUT2D eigenvalue weighted by Gasteiger charge is -2.51. The van der Waals surface area contributed by atoms with Gasteiger partial charge < -0.3 is 34.9 Å². The number of ether oxygens (including phenoxy) is 3. The maximum absolute atomic E-state index is 13.6. The van der Waals surface area contributed by atoms with E-state index >= 15 is 0 Å². The summed E-state index contributed by atoms with van der Waals surface area (Å²) in [5.41, 5.74) is -2.07. The normalized spacial score (nSPS) is 21.9. The van der Waals surface area contributed by atoms with E-state index in [4.69, 9.17) is 25.8 Å². The molecule has 2 fully saturated rings. The van der Waals surface area contributed by atoms with Crippen molar-refractivity contribution in [1.82, 2.24) is 20.4 Å². The number of rotatable bonds is 10. The number of amides is 3. The number of carbonyl (C=O) groups is 3. The molecule has 11 nitrogen and oxygen atoms in total. The van der Waals surface area contributed by atoms with Crippen LogP contribution in [0, 0.1) is 11.3 Å².